The van der Waals surface area contributed by atoms with Crippen molar-refractivity contribution in [3.63, 3.8) is 0 Å². The Hall–Kier alpha value is -2.27. The van der Waals surface area contributed by atoms with Crippen molar-refractivity contribution in [2.24, 2.45) is 0 Å². The van der Waals surface area contributed by atoms with Gasteiger partial charge in [-0.15, -0.1) is 0 Å². The van der Waals surface area contributed by atoms with Gasteiger partial charge in [0.25, 0.3) is 0 Å². The summed E-state index contributed by atoms with van der Waals surface area (Å²) in [5.41, 5.74) is 4.09. The number of fused-ring (bicyclic) bond motifs is 1. The predicted molar refractivity (Wildman–Crippen MR) is 111 cm³/mol. The Labute approximate surface area is 165 Å². The average molecular weight is 387 g/mol. The van der Waals surface area contributed by atoms with Gasteiger partial charge in [0.2, 0.25) is 0 Å². The zero-order valence-electron chi connectivity index (χ0n) is 16.5. The normalized spacial score (nSPS) is 11.1. The van der Waals surface area contributed by atoms with Gasteiger partial charge in [-0.3, -0.25) is 0 Å². The van der Waals surface area contributed by atoms with E-state index < -0.39 is 0 Å². The number of nitrogens with zero attached hydrogens (tertiary/aromatic N) is 4. The molecule has 0 saturated heterocycles. The van der Waals surface area contributed by atoms with Crippen LogP contribution in [-0.4, -0.2) is 34.8 Å². The minimum Gasteiger partial charge on any atom is -0.497 e. The Morgan fingerprint density at radius 3 is 2.52 bits per heavy atom. The number of rotatable bonds is 8. The van der Waals surface area contributed by atoms with Gasteiger partial charge in [-0.25, -0.2) is 4.98 Å². The largest absolute Gasteiger partial charge is 0.497 e. The van der Waals surface area contributed by atoms with Crippen molar-refractivity contribution in [1.82, 2.24) is 14.6 Å². The molecule has 0 saturated carbocycles. The molecule has 5 nitrogen and oxygen atoms in total. The van der Waals surface area contributed by atoms with E-state index in [1.807, 2.05) is 35.0 Å². The second kappa shape index (κ2) is 8.61. The highest BCUT2D eigenvalue weighted by Gasteiger charge is 2.18. The maximum absolute atomic E-state index is 6.47. The van der Waals surface area contributed by atoms with Crippen molar-refractivity contribution in [2.45, 2.75) is 40.0 Å². The molecule has 27 heavy (non-hydrogen) atoms. The third-order valence-corrected chi connectivity index (χ3v) is 5.10. The van der Waals surface area contributed by atoms with Crippen LogP contribution in [0.3, 0.4) is 0 Å². The molecule has 0 N–H and O–H groups in total. The molecule has 0 bridgehead atoms. The Morgan fingerprint density at radius 2 is 1.89 bits per heavy atom. The van der Waals surface area contributed by atoms with Crippen LogP contribution in [0.25, 0.3) is 5.65 Å². The highest BCUT2D eigenvalue weighted by Crippen LogP contribution is 2.29. The van der Waals surface area contributed by atoms with E-state index in [-0.39, 0.29) is 0 Å². The van der Waals surface area contributed by atoms with Gasteiger partial charge >= 0.3 is 0 Å². The van der Waals surface area contributed by atoms with E-state index in [0.717, 1.165) is 60.0 Å². The minimum atomic E-state index is 0.676. The molecule has 2 heterocycles. The first-order valence-electron chi connectivity index (χ1n) is 9.49. The summed E-state index contributed by atoms with van der Waals surface area (Å²) in [6.45, 7) is 8.54. The van der Waals surface area contributed by atoms with Crippen molar-refractivity contribution in [3.8, 4) is 5.75 Å². The topological polar surface area (TPSA) is 42.7 Å². The van der Waals surface area contributed by atoms with Gasteiger partial charge in [0, 0.05) is 36.2 Å². The van der Waals surface area contributed by atoms with E-state index in [1.54, 1.807) is 7.11 Å². The second-order valence-electron chi connectivity index (χ2n) is 6.73. The number of halogens is 1. The molecular weight excluding hydrogens is 360 g/mol. The molecule has 0 spiro atoms. The van der Waals surface area contributed by atoms with Crippen LogP contribution in [-0.2, 0) is 6.42 Å². The van der Waals surface area contributed by atoms with E-state index in [9.17, 15) is 0 Å². The Bertz CT molecular complexity index is 916. The van der Waals surface area contributed by atoms with Crippen LogP contribution in [0, 0.1) is 6.92 Å². The van der Waals surface area contributed by atoms with Crippen molar-refractivity contribution in [2.75, 3.05) is 25.1 Å². The van der Waals surface area contributed by atoms with Crippen LogP contribution in [0.1, 0.15) is 43.5 Å². The van der Waals surface area contributed by atoms with E-state index >= 15 is 0 Å². The third kappa shape index (κ3) is 4.03. The van der Waals surface area contributed by atoms with Gasteiger partial charge < -0.3 is 9.64 Å². The predicted octanol–water partition coefficient (Wildman–Crippen LogP) is 4.92. The number of hydrogen-bond donors (Lipinski definition) is 0. The van der Waals surface area contributed by atoms with Crippen LogP contribution in [0.2, 0.25) is 5.02 Å². The van der Waals surface area contributed by atoms with E-state index in [4.69, 9.17) is 21.3 Å². The van der Waals surface area contributed by atoms with E-state index in [2.05, 4.69) is 30.8 Å². The smallest absolute Gasteiger partial charge is 0.157 e. The molecule has 2 aromatic heterocycles. The lowest BCUT2D eigenvalue weighted by Crippen LogP contribution is -2.29. The lowest BCUT2D eigenvalue weighted by molar-refractivity contribution is 0.414. The van der Waals surface area contributed by atoms with Gasteiger partial charge in [0.05, 0.1) is 19.0 Å². The summed E-state index contributed by atoms with van der Waals surface area (Å²) in [5.74, 6) is 1.89. The summed E-state index contributed by atoms with van der Waals surface area (Å²) >= 11 is 6.47. The second-order valence-corrected chi connectivity index (χ2v) is 7.14. The molecule has 3 aromatic rings. The maximum atomic E-state index is 6.47. The summed E-state index contributed by atoms with van der Waals surface area (Å²) in [6, 6.07) is 7.76. The SMILES string of the molecule is CCCN(CCC)c1c(C)c(Cc2ccc(OC)cc2Cl)nc2ccnn12. The average Bonchev–Trinajstić information content (AvgIpc) is 3.11. The molecule has 0 aliphatic heterocycles. The van der Waals surface area contributed by atoms with Crippen molar-refractivity contribution in [3.05, 3.63) is 52.3 Å². The number of aromatic nitrogens is 3. The first kappa shape index (κ1) is 19.5. The van der Waals surface area contributed by atoms with E-state index in [0.29, 0.717) is 11.4 Å². The molecule has 0 aliphatic carbocycles. The van der Waals surface area contributed by atoms with E-state index in [1.165, 1.54) is 0 Å². The summed E-state index contributed by atoms with van der Waals surface area (Å²) < 4.78 is 7.22. The fourth-order valence-electron chi connectivity index (χ4n) is 3.44. The van der Waals surface area contributed by atoms with Crippen LogP contribution in [0.15, 0.2) is 30.5 Å². The number of ether oxygens (including phenoxy) is 1. The van der Waals surface area contributed by atoms with Gasteiger partial charge in [0.1, 0.15) is 11.6 Å². The fourth-order valence-corrected chi connectivity index (χ4v) is 3.68. The van der Waals surface area contributed by atoms with Crippen LogP contribution in [0.5, 0.6) is 5.75 Å². The van der Waals surface area contributed by atoms with Crippen LogP contribution >= 0.6 is 11.6 Å². The van der Waals surface area contributed by atoms with Crippen LogP contribution in [0.4, 0.5) is 5.82 Å². The molecule has 0 unspecified atom stereocenters. The van der Waals surface area contributed by atoms with Crippen molar-refractivity contribution >= 4 is 23.1 Å². The Morgan fingerprint density at radius 1 is 1.15 bits per heavy atom. The number of benzene rings is 1. The third-order valence-electron chi connectivity index (χ3n) is 4.75. The summed E-state index contributed by atoms with van der Waals surface area (Å²) in [4.78, 5) is 7.27. The maximum Gasteiger partial charge on any atom is 0.157 e. The van der Waals surface area contributed by atoms with Crippen molar-refractivity contribution < 1.29 is 4.74 Å². The van der Waals surface area contributed by atoms with Gasteiger partial charge in [-0.05, 0) is 37.5 Å². The zero-order chi connectivity index (χ0) is 19.4. The molecule has 0 atom stereocenters. The first-order chi connectivity index (χ1) is 13.1. The number of methoxy groups -OCH3 is 1. The molecule has 0 amide bonds. The molecule has 1 aromatic carbocycles. The lowest BCUT2D eigenvalue weighted by atomic mass is 10.1. The first-order valence-corrected chi connectivity index (χ1v) is 9.87. The summed E-state index contributed by atoms with van der Waals surface area (Å²) in [7, 11) is 1.65. The number of anilines is 1. The summed E-state index contributed by atoms with van der Waals surface area (Å²) in [5, 5.41) is 5.22. The fraction of sp³-hybridized carbons (Fsp3) is 0.429. The Balaban J connectivity index is 2.07. The molecule has 0 aliphatic rings. The molecular formula is C21H27ClN4O. The molecule has 0 radical (unpaired) electrons. The van der Waals surface area contributed by atoms with Crippen LogP contribution < -0.4 is 9.64 Å². The zero-order valence-corrected chi connectivity index (χ0v) is 17.3. The molecule has 144 valence electrons. The van der Waals surface area contributed by atoms with Gasteiger partial charge in [0.15, 0.2) is 5.65 Å². The standard InChI is InChI=1S/C21H27ClN4O/c1-5-11-25(12-6-2)21-15(3)19(24-20-9-10-23-26(20)21)13-16-7-8-17(27-4)14-18(16)22/h7-10,14H,5-6,11-13H2,1-4H3. The highest BCUT2D eigenvalue weighted by molar-refractivity contribution is 6.31. The number of hydrogen-bond acceptors (Lipinski definition) is 4. The lowest BCUT2D eigenvalue weighted by Gasteiger charge is -2.27. The molecule has 0 fully saturated rings. The molecule has 6 heteroatoms. The quantitative estimate of drug-likeness (QED) is 0.551. The minimum absolute atomic E-state index is 0.676. The molecule has 3 rings (SSSR count). The van der Waals surface area contributed by atoms with Gasteiger partial charge in [-0.2, -0.15) is 9.61 Å². The Kier molecular flexibility index (Phi) is 6.22. The highest BCUT2D eigenvalue weighted by atomic mass is 35.5. The summed E-state index contributed by atoms with van der Waals surface area (Å²) in [6.07, 6.45) is 4.66. The monoisotopic (exact) mass is 386 g/mol. The van der Waals surface area contributed by atoms with Gasteiger partial charge in [-0.1, -0.05) is 31.5 Å². The van der Waals surface area contributed by atoms with Crippen molar-refractivity contribution in [1.29, 1.82) is 0 Å².